The van der Waals surface area contributed by atoms with E-state index in [-0.39, 0.29) is 0 Å². The molecule has 33 heavy (non-hydrogen) atoms. The Bertz CT molecular complexity index is 1150. The lowest BCUT2D eigenvalue weighted by atomic mass is 10.0. The van der Waals surface area contributed by atoms with Crippen LogP contribution in [0.2, 0.25) is 0 Å². The fourth-order valence-electron chi connectivity index (χ4n) is 3.17. The van der Waals surface area contributed by atoms with Gasteiger partial charge in [0.15, 0.2) is 11.5 Å². The fourth-order valence-corrected chi connectivity index (χ4v) is 6.05. The molecule has 0 saturated carbocycles. The third kappa shape index (κ3) is 6.12. The predicted molar refractivity (Wildman–Crippen MR) is 148 cm³/mol. The molecule has 0 aliphatic heterocycles. The molecule has 0 aromatic heterocycles. The Morgan fingerprint density at radius 1 is 0.515 bits per heavy atom. The van der Waals surface area contributed by atoms with Crippen LogP contribution in [0.25, 0.3) is 0 Å². The minimum Gasteiger partial charge on any atom is -0.455 e. The number of nitrogen functional groups attached to an aromatic ring is 2. The van der Waals surface area contributed by atoms with E-state index in [9.17, 15) is 0 Å². The first-order valence-electron chi connectivity index (χ1n) is 9.81. The minimum absolute atomic E-state index is 0.693. The van der Waals surface area contributed by atoms with Gasteiger partial charge in [-0.15, -0.1) is 0 Å². The summed E-state index contributed by atoms with van der Waals surface area (Å²) >= 11 is 14.6. The molecule has 4 N–H and O–H groups in total. The van der Waals surface area contributed by atoms with Gasteiger partial charge in [-0.25, -0.2) is 0 Å². The van der Waals surface area contributed by atoms with E-state index in [1.165, 1.54) is 0 Å². The van der Waals surface area contributed by atoms with E-state index in [4.69, 9.17) is 20.9 Å². The molecule has 0 unspecified atom stereocenters. The monoisotopic (exact) mass is 694 g/mol. The van der Waals surface area contributed by atoms with Gasteiger partial charge >= 0.3 is 0 Å². The SMILES string of the molecule is Nc1ccc(Oc2c(Br)cc(Cc3cc(Br)c(Oc4ccc(N)cc4)c(Br)c3)cc2Br)cc1. The van der Waals surface area contributed by atoms with Gasteiger partial charge in [-0.05, 0) is 154 Å². The molecule has 0 spiro atoms. The number of nitrogens with two attached hydrogens (primary N) is 2. The summed E-state index contributed by atoms with van der Waals surface area (Å²) in [5.41, 5.74) is 15.1. The maximum Gasteiger partial charge on any atom is 0.155 e. The van der Waals surface area contributed by atoms with Crippen LogP contribution in [-0.4, -0.2) is 0 Å². The fraction of sp³-hybridized carbons (Fsp3) is 0.0400. The van der Waals surface area contributed by atoms with E-state index in [0.29, 0.717) is 34.4 Å². The summed E-state index contributed by atoms with van der Waals surface area (Å²) in [5.74, 6) is 2.84. The summed E-state index contributed by atoms with van der Waals surface area (Å²) in [6.45, 7) is 0. The first-order chi connectivity index (χ1) is 15.8. The number of ether oxygens (including phenoxy) is 2. The van der Waals surface area contributed by atoms with Crippen LogP contribution in [0.5, 0.6) is 23.0 Å². The predicted octanol–water partition coefficient (Wildman–Crippen LogP) is 9.08. The molecule has 0 bridgehead atoms. The number of hydrogen-bond acceptors (Lipinski definition) is 4. The Labute approximate surface area is 225 Å². The van der Waals surface area contributed by atoms with Gasteiger partial charge in [-0.1, -0.05) is 0 Å². The molecular weight excluding hydrogens is 680 g/mol. The molecule has 0 heterocycles. The minimum atomic E-state index is 0.693. The van der Waals surface area contributed by atoms with E-state index in [1.54, 1.807) is 0 Å². The van der Waals surface area contributed by atoms with Crippen LogP contribution in [-0.2, 0) is 6.42 Å². The van der Waals surface area contributed by atoms with Gasteiger partial charge in [0, 0.05) is 11.4 Å². The van der Waals surface area contributed by atoms with E-state index in [2.05, 4.69) is 88.0 Å². The molecule has 0 radical (unpaired) electrons. The zero-order valence-corrected chi connectivity index (χ0v) is 23.5. The number of benzene rings is 4. The standard InChI is InChI=1S/C25H18Br4N2O2/c26-20-10-14(11-21(27)24(20)32-18-5-1-16(30)2-6-18)9-15-12-22(28)25(23(29)13-15)33-19-7-3-17(31)4-8-19/h1-8,10-13H,9,30-31H2. The molecule has 4 nitrogen and oxygen atoms in total. The molecular formula is C25H18Br4N2O2. The van der Waals surface area contributed by atoms with Gasteiger partial charge in [0.1, 0.15) is 11.5 Å². The summed E-state index contributed by atoms with van der Waals surface area (Å²) in [7, 11) is 0. The van der Waals surface area contributed by atoms with E-state index < -0.39 is 0 Å². The van der Waals surface area contributed by atoms with Crippen LogP contribution in [0.3, 0.4) is 0 Å². The quantitative estimate of drug-likeness (QED) is 0.197. The molecule has 0 aliphatic carbocycles. The van der Waals surface area contributed by atoms with Gasteiger partial charge in [0.05, 0.1) is 17.9 Å². The van der Waals surface area contributed by atoms with E-state index in [0.717, 1.165) is 35.4 Å². The molecule has 8 heteroatoms. The van der Waals surface area contributed by atoms with Gasteiger partial charge in [0.25, 0.3) is 0 Å². The summed E-state index contributed by atoms with van der Waals surface area (Å²) in [5, 5.41) is 0. The summed E-state index contributed by atoms with van der Waals surface area (Å²) in [6, 6.07) is 22.8. The van der Waals surface area contributed by atoms with E-state index >= 15 is 0 Å². The lowest BCUT2D eigenvalue weighted by molar-refractivity contribution is 0.476. The Morgan fingerprint density at radius 2 is 0.818 bits per heavy atom. The third-order valence-electron chi connectivity index (χ3n) is 4.72. The topological polar surface area (TPSA) is 70.5 Å². The zero-order chi connectivity index (χ0) is 23.5. The molecule has 0 fully saturated rings. The average molecular weight is 698 g/mol. The van der Waals surface area contributed by atoms with Crippen molar-refractivity contribution in [3.63, 3.8) is 0 Å². The van der Waals surface area contributed by atoms with Crippen LogP contribution in [0.15, 0.2) is 90.7 Å². The van der Waals surface area contributed by atoms with Crippen molar-refractivity contribution >= 4 is 75.1 Å². The lowest BCUT2D eigenvalue weighted by Gasteiger charge is -2.14. The highest BCUT2D eigenvalue weighted by molar-refractivity contribution is 9.11. The van der Waals surface area contributed by atoms with Gasteiger partial charge in [-0.2, -0.15) is 0 Å². The smallest absolute Gasteiger partial charge is 0.155 e. The van der Waals surface area contributed by atoms with Crippen molar-refractivity contribution in [3.05, 3.63) is 102 Å². The molecule has 4 aromatic carbocycles. The van der Waals surface area contributed by atoms with Crippen LogP contribution in [0, 0.1) is 0 Å². The van der Waals surface area contributed by atoms with Gasteiger partial charge < -0.3 is 20.9 Å². The van der Waals surface area contributed by atoms with Gasteiger partial charge in [-0.3, -0.25) is 0 Å². The zero-order valence-electron chi connectivity index (χ0n) is 17.1. The van der Waals surface area contributed by atoms with Crippen molar-refractivity contribution < 1.29 is 9.47 Å². The van der Waals surface area contributed by atoms with Crippen molar-refractivity contribution in [1.82, 2.24) is 0 Å². The number of anilines is 2. The van der Waals surface area contributed by atoms with Crippen LogP contribution < -0.4 is 20.9 Å². The normalized spacial score (nSPS) is 10.8. The molecule has 168 valence electrons. The second-order valence-corrected chi connectivity index (χ2v) is 10.7. The Balaban J connectivity index is 1.53. The molecule has 0 amide bonds. The van der Waals surface area contributed by atoms with Crippen LogP contribution in [0.4, 0.5) is 11.4 Å². The highest BCUT2D eigenvalue weighted by atomic mass is 79.9. The number of halogens is 4. The summed E-state index contributed by atoms with van der Waals surface area (Å²) < 4.78 is 15.5. The first-order valence-corrected chi connectivity index (χ1v) is 13.0. The number of hydrogen-bond donors (Lipinski definition) is 2. The molecule has 0 atom stereocenters. The second kappa shape index (κ2) is 10.5. The summed E-state index contributed by atoms with van der Waals surface area (Å²) in [4.78, 5) is 0. The average Bonchev–Trinajstić information content (AvgIpc) is 2.76. The maximum atomic E-state index is 6.03. The van der Waals surface area contributed by atoms with Crippen molar-refractivity contribution in [2.75, 3.05) is 11.5 Å². The van der Waals surface area contributed by atoms with Crippen molar-refractivity contribution in [1.29, 1.82) is 0 Å². The largest absolute Gasteiger partial charge is 0.455 e. The number of rotatable bonds is 6. The van der Waals surface area contributed by atoms with Crippen molar-refractivity contribution in [2.45, 2.75) is 6.42 Å². The Morgan fingerprint density at radius 3 is 1.12 bits per heavy atom. The highest BCUT2D eigenvalue weighted by Crippen LogP contribution is 2.41. The molecule has 4 aromatic rings. The second-order valence-electron chi connectivity index (χ2n) is 7.30. The van der Waals surface area contributed by atoms with Crippen LogP contribution in [0.1, 0.15) is 11.1 Å². The molecule has 0 saturated heterocycles. The Hall–Kier alpha value is -2.00. The first kappa shape index (κ1) is 24.1. The summed E-state index contributed by atoms with van der Waals surface area (Å²) in [6.07, 6.45) is 0.721. The van der Waals surface area contributed by atoms with Crippen LogP contribution >= 0.6 is 63.7 Å². The lowest BCUT2D eigenvalue weighted by Crippen LogP contribution is -1.95. The van der Waals surface area contributed by atoms with E-state index in [1.807, 2.05) is 48.5 Å². The maximum absolute atomic E-state index is 6.03. The van der Waals surface area contributed by atoms with Gasteiger partial charge in [0.2, 0.25) is 0 Å². The molecule has 4 rings (SSSR count). The van der Waals surface area contributed by atoms with Crippen molar-refractivity contribution in [3.8, 4) is 23.0 Å². The van der Waals surface area contributed by atoms with Crippen molar-refractivity contribution in [2.24, 2.45) is 0 Å². The molecule has 0 aliphatic rings. The highest BCUT2D eigenvalue weighted by Gasteiger charge is 2.14. The Kier molecular flexibility index (Phi) is 7.69. The third-order valence-corrected chi connectivity index (χ3v) is 7.08.